The van der Waals surface area contributed by atoms with Crippen molar-refractivity contribution < 1.29 is 4.79 Å². The van der Waals surface area contributed by atoms with E-state index in [2.05, 4.69) is 16.3 Å². The van der Waals surface area contributed by atoms with Gasteiger partial charge in [0, 0.05) is 48.9 Å². The first-order valence-electron chi connectivity index (χ1n) is 8.24. The predicted molar refractivity (Wildman–Crippen MR) is 116 cm³/mol. The van der Waals surface area contributed by atoms with Gasteiger partial charge in [0.1, 0.15) is 0 Å². The van der Waals surface area contributed by atoms with Gasteiger partial charge in [-0.2, -0.15) is 11.8 Å². The molecule has 1 aliphatic rings. The lowest BCUT2D eigenvalue weighted by molar-refractivity contribution is 0.102. The summed E-state index contributed by atoms with van der Waals surface area (Å²) < 4.78 is 0. The Morgan fingerprint density at radius 3 is 2.35 bits per heavy atom. The molecule has 0 radical (unpaired) electrons. The SMILES string of the molecule is Cl.Cl.NCc1ccc(C(=O)Nc2ccccc2CN2CCSCC2)cc1. The van der Waals surface area contributed by atoms with E-state index >= 15 is 0 Å². The molecule has 1 aliphatic heterocycles. The van der Waals surface area contributed by atoms with Crippen molar-refractivity contribution in [2.75, 3.05) is 29.9 Å². The van der Waals surface area contributed by atoms with Crippen LogP contribution in [0.25, 0.3) is 0 Å². The second-order valence-electron chi connectivity index (χ2n) is 5.90. The van der Waals surface area contributed by atoms with Crippen molar-refractivity contribution in [3.8, 4) is 0 Å². The predicted octanol–water partition coefficient (Wildman–Crippen LogP) is 3.79. The Balaban J connectivity index is 0.00000169. The first kappa shape index (κ1) is 22.8. The Morgan fingerprint density at radius 1 is 1.04 bits per heavy atom. The molecule has 0 aromatic heterocycles. The summed E-state index contributed by atoms with van der Waals surface area (Å²) in [6.45, 7) is 3.57. The number of carbonyl (C=O) groups excluding carboxylic acids is 1. The van der Waals surface area contributed by atoms with Crippen molar-refractivity contribution in [2.45, 2.75) is 13.1 Å². The second kappa shape index (κ2) is 11.5. The molecule has 0 unspecified atom stereocenters. The zero-order chi connectivity index (χ0) is 16.8. The molecule has 0 bridgehead atoms. The number of nitrogens with two attached hydrogens (primary N) is 1. The van der Waals surface area contributed by atoms with Gasteiger partial charge in [0.2, 0.25) is 0 Å². The molecule has 3 rings (SSSR count). The normalized spacial score (nSPS) is 14.0. The number of benzene rings is 2. The van der Waals surface area contributed by atoms with Gasteiger partial charge in [0.05, 0.1) is 0 Å². The first-order valence-corrected chi connectivity index (χ1v) is 9.40. The Hall–Kier alpha value is -1.24. The van der Waals surface area contributed by atoms with E-state index in [9.17, 15) is 4.79 Å². The van der Waals surface area contributed by atoms with Crippen molar-refractivity contribution in [2.24, 2.45) is 5.73 Å². The van der Waals surface area contributed by atoms with Crippen LogP contribution in [0.3, 0.4) is 0 Å². The van der Waals surface area contributed by atoms with Gasteiger partial charge in [-0.25, -0.2) is 0 Å². The van der Waals surface area contributed by atoms with Crippen molar-refractivity contribution in [3.63, 3.8) is 0 Å². The highest BCUT2D eigenvalue weighted by Crippen LogP contribution is 2.20. The molecule has 1 amide bonds. The fourth-order valence-corrected chi connectivity index (χ4v) is 3.75. The first-order chi connectivity index (χ1) is 11.8. The number of amides is 1. The molecule has 3 N–H and O–H groups in total. The molecular weight excluding hydrogens is 389 g/mol. The minimum absolute atomic E-state index is 0. The average Bonchev–Trinajstić information content (AvgIpc) is 2.64. The molecule has 2 aromatic rings. The second-order valence-corrected chi connectivity index (χ2v) is 7.13. The number of hydrogen-bond acceptors (Lipinski definition) is 4. The maximum absolute atomic E-state index is 12.5. The fraction of sp³-hybridized carbons (Fsp3) is 0.316. The highest BCUT2D eigenvalue weighted by molar-refractivity contribution is 7.99. The van der Waals surface area contributed by atoms with Gasteiger partial charge < -0.3 is 11.1 Å². The van der Waals surface area contributed by atoms with Crippen LogP contribution in [0.4, 0.5) is 5.69 Å². The quantitative estimate of drug-likeness (QED) is 0.782. The summed E-state index contributed by atoms with van der Waals surface area (Å²) in [5.74, 6) is 2.28. The lowest BCUT2D eigenvalue weighted by Crippen LogP contribution is -2.32. The van der Waals surface area contributed by atoms with Gasteiger partial charge in [-0.05, 0) is 29.3 Å². The van der Waals surface area contributed by atoms with Gasteiger partial charge in [-0.15, -0.1) is 24.8 Å². The number of anilines is 1. The number of rotatable bonds is 5. The molecule has 7 heteroatoms. The van der Waals surface area contributed by atoms with Crippen LogP contribution in [0.1, 0.15) is 21.5 Å². The lowest BCUT2D eigenvalue weighted by Gasteiger charge is -2.27. The summed E-state index contributed by atoms with van der Waals surface area (Å²) >= 11 is 2.00. The Bertz CT molecular complexity index is 691. The zero-order valence-electron chi connectivity index (χ0n) is 14.5. The van der Waals surface area contributed by atoms with Crippen molar-refractivity contribution in [3.05, 3.63) is 65.2 Å². The molecule has 0 saturated carbocycles. The lowest BCUT2D eigenvalue weighted by atomic mass is 10.1. The molecule has 1 saturated heterocycles. The summed E-state index contributed by atoms with van der Waals surface area (Å²) in [5, 5.41) is 3.05. The number of para-hydroxylation sites is 1. The summed E-state index contributed by atoms with van der Waals surface area (Å²) in [7, 11) is 0. The van der Waals surface area contributed by atoms with E-state index in [0.717, 1.165) is 36.4 Å². The minimum atomic E-state index is -0.0831. The molecule has 0 aliphatic carbocycles. The van der Waals surface area contributed by atoms with Crippen LogP contribution in [-0.4, -0.2) is 35.4 Å². The molecule has 4 nitrogen and oxygen atoms in total. The van der Waals surface area contributed by atoms with E-state index in [0.29, 0.717) is 12.1 Å². The third-order valence-corrected chi connectivity index (χ3v) is 5.16. The number of thioether (sulfide) groups is 1. The van der Waals surface area contributed by atoms with Gasteiger partial charge in [-0.3, -0.25) is 9.69 Å². The van der Waals surface area contributed by atoms with E-state index in [1.54, 1.807) is 0 Å². The zero-order valence-corrected chi connectivity index (χ0v) is 17.0. The number of halogens is 2. The van der Waals surface area contributed by atoms with E-state index in [1.807, 2.05) is 54.2 Å². The van der Waals surface area contributed by atoms with Gasteiger partial charge >= 0.3 is 0 Å². The Morgan fingerprint density at radius 2 is 1.69 bits per heavy atom. The van der Waals surface area contributed by atoms with Crippen LogP contribution < -0.4 is 11.1 Å². The van der Waals surface area contributed by atoms with Crippen LogP contribution >= 0.6 is 36.6 Å². The van der Waals surface area contributed by atoms with Crippen molar-refractivity contribution in [1.82, 2.24) is 4.90 Å². The van der Waals surface area contributed by atoms with Crippen LogP contribution in [0.5, 0.6) is 0 Å². The van der Waals surface area contributed by atoms with E-state index < -0.39 is 0 Å². The van der Waals surface area contributed by atoms with Crippen LogP contribution in [0.15, 0.2) is 48.5 Å². The van der Waals surface area contributed by atoms with Gasteiger partial charge in [-0.1, -0.05) is 30.3 Å². The summed E-state index contributed by atoms with van der Waals surface area (Å²) in [6, 6.07) is 15.5. The van der Waals surface area contributed by atoms with Crippen LogP contribution in [0, 0.1) is 0 Å². The molecule has 2 aromatic carbocycles. The third kappa shape index (κ3) is 6.18. The van der Waals surface area contributed by atoms with E-state index in [-0.39, 0.29) is 30.7 Å². The summed E-state index contributed by atoms with van der Waals surface area (Å²) in [6.07, 6.45) is 0. The molecule has 0 atom stereocenters. The summed E-state index contributed by atoms with van der Waals surface area (Å²) in [5.41, 5.74) is 9.33. The Kier molecular flexibility index (Phi) is 10.1. The number of nitrogens with zero attached hydrogens (tertiary/aromatic N) is 1. The van der Waals surface area contributed by atoms with Crippen molar-refractivity contribution in [1.29, 1.82) is 0 Å². The fourth-order valence-electron chi connectivity index (χ4n) is 2.77. The van der Waals surface area contributed by atoms with E-state index in [4.69, 9.17) is 5.73 Å². The summed E-state index contributed by atoms with van der Waals surface area (Å²) in [4.78, 5) is 14.9. The number of hydrogen-bond donors (Lipinski definition) is 2. The molecule has 142 valence electrons. The average molecular weight is 414 g/mol. The molecule has 0 spiro atoms. The highest BCUT2D eigenvalue weighted by atomic mass is 35.5. The molecule has 1 fully saturated rings. The van der Waals surface area contributed by atoms with Crippen LogP contribution in [0.2, 0.25) is 0 Å². The van der Waals surface area contributed by atoms with Gasteiger partial charge in [0.15, 0.2) is 0 Å². The maximum atomic E-state index is 12.5. The smallest absolute Gasteiger partial charge is 0.255 e. The highest BCUT2D eigenvalue weighted by Gasteiger charge is 2.14. The monoisotopic (exact) mass is 413 g/mol. The van der Waals surface area contributed by atoms with Gasteiger partial charge in [0.25, 0.3) is 5.91 Å². The standard InChI is InChI=1S/C19H23N3OS.2ClH/c20-13-15-5-7-16(8-6-15)19(23)21-18-4-2-1-3-17(18)14-22-9-11-24-12-10-22;;/h1-8H,9-14,20H2,(H,21,23);2*1H. The molecule has 26 heavy (non-hydrogen) atoms. The maximum Gasteiger partial charge on any atom is 0.255 e. The van der Waals surface area contributed by atoms with Crippen molar-refractivity contribution >= 4 is 48.2 Å². The Labute approximate surface area is 171 Å². The topological polar surface area (TPSA) is 58.4 Å². The largest absolute Gasteiger partial charge is 0.326 e. The number of nitrogens with one attached hydrogen (secondary N) is 1. The minimum Gasteiger partial charge on any atom is -0.326 e. The van der Waals surface area contributed by atoms with E-state index in [1.165, 1.54) is 11.5 Å². The van der Waals surface area contributed by atoms with Crippen LogP contribution in [-0.2, 0) is 13.1 Å². The number of carbonyl (C=O) groups is 1. The molecule has 1 heterocycles. The molecular formula is C19H25Cl2N3OS. The third-order valence-electron chi connectivity index (χ3n) is 4.22.